The quantitative estimate of drug-likeness (QED) is 0.745. The van der Waals surface area contributed by atoms with Crippen LogP contribution >= 0.6 is 11.8 Å². The van der Waals surface area contributed by atoms with Gasteiger partial charge in [-0.25, -0.2) is 13.1 Å². The molecule has 1 atom stereocenters. The van der Waals surface area contributed by atoms with Gasteiger partial charge in [-0.3, -0.25) is 4.79 Å². The van der Waals surface area contributed by atoms with Gasteiger partial charge < -0.3 is 10.1 Å². The molecule has 0 radical (unpaired) electrons. The summed E-state index contributed by atoms with van der Waals surface area (Å²) in [6.07, 6.45) is 0.0826. The number of amides is 1. The summed E-state index contributed by atoms with van der Waals surface area (Å²) in [5.74, 6) is 1.19. The van der Waals surface area contributed by atoms with Crippen LogP contribution < -0.4 is 14.8 Å². The van der Waals surface area contributed by atoms with Gasteiger partial charge in [0.15, 0.2) is 0 Å². The van der Waals surface area contributed by atoms with E-state index >= 15 is 0 Å². The van der Waals surface area contributed by atoms with E-state index in [1.54, 1.807) is 23.9 Å². The first-order chi connectivity index (χ1) is 13.2. The van der Waals surface area contributed by atoms with Crippen molar-refractivity contribution in [1.29, 1.82) is 0 Å². The molecule has 1 heterocycles. The Kier molecular flexibility index (Phi) is 6.32. The SMILES string of the molecule is CC(C)Oc1ccc(CNS(=O)(=O)c2ccc3c(c2)NC(=O)C(C)CS3)cc1. The van der Waals surface area contributed by atoms with Crippen molar-refractivity contribution >= 4 is 33.4 Å². The van der Waals surface area contributed by atoms with Crippen molar-refractivity contribution < 1.29 is 17.9 Å². The van der Waals surface area contributed by atoms with Gasteiger partial charge in [0.05, 0.1) is 16.7 Å². The Bertz CT molecular complexity index is 957. The summed E-state index contributed by atoms with van der Waals surface area (Å²) in [5.41, 5.74) is 1.37. The fourth-order valence-electron chi connectivity index (χ4n) is 2.67. The van der Waals surface area contributed by atoms with Crippen LogP contribution in [0.4, 0.5) is 5.69 Å². The van der Waals surface area contributed by atoms with Crippen LogP contribution in [-0.4, -0.2) is 26.2 Å². The lowest BCUT2D eigenvalue weighted by atomic mass is 10.2. The van der Waals surface area contributed by atoms with E-state index in [0.29, 0.717) is 11.4 Å². The molecule has 1 amide bonds. The van der Waals surface area contributed by atoms with Gasteiger partial charge in [0.1, 0.15) is 5.75 Å². The van der Waals surface area contributed by atoms with Crippen molar-refractivity contribution in [2.45, 2.75) is 43.2 Å². The van der Waals surface area contributed by atoms with Gasteiger partial charge in [-0.15, -0.1) is 11.8 Å². The molecule has 2 N–H and O–H groups in total. The number of carbonyl (C=O) groups is 1. The van der Waals surface area contributed by atoms with Crippen LogP contribution in [-0.2, 0) is 21.4 Å². The molecular formula is C20H24N2O4S2. The average Bonchev–Trinajstić information content (AvgIpc) is 2.79. The predicted molar refractivity (Wildman–Crippen MR) is 111 cm³/mol. The molecule has 0 saturated carbocycles. The number of hydrogen-bond acceptors (Lipinski definition) is 5. The van der Waals surface area contributed by atoms with Crippen LogP contribution in [0.1, 0.15) is 26.3 Å². The van der Waals surface area contributed by atoms with Crippen molar-refractivity contribution in [2.24, 2.45) is 5.92 Å². The monoisotopic (exact) mass is 420 g/mol. The maximum absolute atomic E-state index is 12.7. The molecule has 1 aliphatic rings. The third kappa shape index (κ3) is 5.06. The number of sulfonamides is 1. The van der Waals surface area contributed by atoms with Gasteiger partial charge in [0.2, 0.25) is 15.9 Å². The maximum Gasteiger partial charge on any atom is 0.240 e. The Labute approximate surface area is 170 Å². The molecule has 6 nitrogen and oxygen atoms in total. The summed E-state index contributed by atoms with van der Waals surface area (Å²) < 4.78 is 33.6. The number of hydrogen-bond donors (Lipinski definition) is 2. The fraction of sp³-hybridized carbons (Fsp3) is 0.350. The van der Waals surface area contributed by atoms with E-state index < -0.39 is 10.0 Å². The number of nitrogens with one attached hydrogen (secondary N) is 2. The maximum atomic E-state index is 12.7. The van der Waals surface area contributed by atoms with Crippen LogP contribution in [0.2, 0.25) is 0 Å². The summed E-state index contributed by atoms with van der Waals surface area (Å²) in [4.78, 5) is 13.0. The molecule has 0 saturated heterocycles. The van der Waals surface area contributed by atoms with Crippen LogP contribution in [0, 0.1) is 5.92 Å². The van der Waals surface area contributed by atoms with Crippen molar-refractivity contribution in [1.82, 2.24) is 4.72 Å². The number of fused-ring (bicyclic) bond motifs is 1. The molecule has 0 aromatic heterocycles. The number of thioether (sulfide) groups is 1. The highest BCUT2D eigenvalue weighted by Gasteiger charge is 2.22. The van der Waals surface area contributed by atoms with E-state index in [-0.39, 0.29) is 29.4 Å². The lowest BCUT2D eigenvalue weighted by Gasteiger charge is -2.12. The summed E-state index contributed by atoms with van der Waals surface area (Å²) in [6, 6.07) is 12.1. The first-order valence-electron chi connectivity index (χ1n) is 9.07. The van der Waals surface area contributed by atoms with Crippen molar-refractivity contribution in [3.05, 3.63) is 48.0 Å². The molecule has 2 aromatic rings. The van der Waals surface area contributed by atoms with Crippen molar-refractivity contribution in [3.8, 4) is 5.75 Å². The van der Waals surface area contributed by atoms with Gasteiger partial charge in [-0.2, -0.15) is 0 Å². The Morgan fingerprint density at radius 1 is 1.21 bits per heavy atom. The largest absolute Gasteiger partial charge is 0.491 e. The lowest BCUT2D eigenvalue weighted by molar-refractivity contribution is -0.118. The van der Waals surface area contributed by atoms with Crippen molar-refractivity contribution in [3.63, 3.8) is 0 Å². The van der Waals surface area contributed by atoms with Crippen molar-refractivity contribution in [2.75, 3.05) is 11.1 Å². The number of benzene rings is 2. The predicted octanol–water partition coefficient (Wildman–Crippen LogP) is 3.63. The minimum atomic E-state index is -3.71. The first-order valence-corrected chi connectivity index (χ1v) is 11.5. The van der Waals surface area contributed by atoms with Gasteiger partial charge in [-0.1, -0.05) is 19.1 Å². The molecule has 1 unspecified atom stereocenters. The Balaban J connectivity index is 1.71. The molecule has 3 rings (SSSR count). The minimum Gasteiger partial charge on any atom is -0.491 e. The standard InChI is InChI=1S/C20H24N2O4S2/c1-13(2)26-16-6-4-15(5-7-16)11-21-28(24,25)17-8-9-19-18(10-17)22-20(23)14(3)12-27-19/h4-10,13-14,21H,11-12H2,1-3H3,(H,22,23). The first kappa shape index (κ1) is 20.7. The Hall–Kier alpha value is -2.03. The Morgan fingerprint density at radius 2 is 1.93 bits per heavy atom. The molecule has 2 aromatic carbocycles. The molecule has 150 valence electrons. The third-order valence-corrected chi connectivity index (χ3v) is 6.95. The molecule has 28 heavy (non-hydrogen) atoms. The highest BCUT2D eigenvalue weighted by atomic mass is 32.2. The van der Waals surface area contributed by atoms with Crippen LogP contribution in [0.25, 0.3) is 0 Å². The number of ether oxygens (including phenoxy) is 1. The number of rotatable bonds is 6. The normalized spacial score (nSPS) is 17.0. The summed E-state index contributed by atoms with van der Waals surface area (Å²) in [7, 11) is -3.71. The van der Waals surface area contributed by atoms with E-state index in [1.165, 1.54) is 6.07 Å². The van der Waals surface area contributed by atoms with E-state index in [1.807, 2.05) is 45.0 Å². The smallest absolute Gasteiger partial charge is 0.240 e. The zero-order valence-electron chi connectivity index (χ0n) is 16.1. The molecule has 1 aliphatic heterocycles. The summed E-state index contributed by atoms with van der Waals surface area (Å²) in [5, 5.41) is 2.81. The van der Waals surface area contributed by atoms with Gasteiger partial charge in [0.25, 0.3) is 0 Å². The highest BCUT2D eigenvalue weighted by Crippen LogP contribution is 2.34. The second-order valence-electron chi connectivity index (χ2n) is 6.99. The van der Waals surface area contributed by atoms with Gasteiger partial charge >= 0.3 is 0 Å². The zero-order valence-corrected chi connectivity index (χ0v) is 17.7. The van der Waals surface area contributed by atoms with Crippen LogP contribution in [0.3, 0.4) is 0 Å². The fourth-order valence-corrected chi connectivity index (χ4v) is 4.72. The van der Waals surface area contributed by atoms with Crippen LogP contribution in [0.15, 0.2) is 52.3 Å². The third-order valence-electron chi connectivity index (χ3n) is 4.22. The van der Waals surface area contributed by atoms with E-state index in [9.17, 15) is 13.2 Å². The molecular weight excluding hydrogens is 396 g/mol. The van der Waals surface area contributed by atoms with E-state index in [4.69, 9.17) is 4.74 Å². The number of anilines is 1. The summed E-state index contributed by atoms with van der Waals surface area (Å²) >= 11 is 1.55. The highest BCUT2D eigenvalue weighted by molar-refractivity contribution is 7.99. The molecule has 0 spiro atoms. The molecule has 0 aliphatic carbocycles. The van der Waals surface area contributed by atoms with Crippen LogP contribution in [0.5, 0.6) is 5.75 Å². The topological polar surface area (TPSA) is 84.5 Å². The molecule has 0 fully saturated rings. The van der Waals surface area contributed by atoms with E-state index in [0.717, 1.165) is 16.2 Å². The van der Waals surface area contributed by atoms with Gasteiger partial charge in [0, 0.05) is 23.1 Å². The second kappa shape index (κ2) is 8.55. The zero-order chi connectivity index (χ0) is 20.3. The summed E-state index contributed by atoms with van der Waals surface area (Å²) in [6.45, 7) is 5.92. The Morgan fingerprint density at radius 3 is 2.61 bits per heavy atom. The molecule has 8 heteroatoms. The average molecular weight is 421 g/mol. The van der Waals surface area contributed by atoms with E-state index in [2.05, 4.69) is 10.0 Å². The molecule has 0 bridgehead atoms. The van der Waals surface area contributed by atoms with Gasteiger partial charge in [-0.05, 0) is 49.7 Å². The number of carbonyl (C=O) groups excluding carboxylic acids is 1. The second-order valence-corrected chi connectivity index (χ2v) is 9.82. The minimum absolute atomic E-state index is 0.0826. The lowest BCUT2D eigenvalue weighted by Crippen LogP contribution is -2.24.